The summed E-state index contributed by atoms with van der Waals surface area (Å²) in [5.41, 5.74) is 5.13. The van der Waals surface area contributed by atoms with Crippen LogP contribution < -0.4 is 11.3 Å². The third-order valence-electron chi connectivity index (χ3n) is 1.76. The van der Waals surface area contributed by atoms with E-state index in [0.29, 0.717) is 17.3 Å². The minimum absolute atomic E-state index is 0.168. The van der Waals surface area contributed by atoms with Crippen LogP contribution in [0.2, 0.25) is 0 Å². The van der Waals surface area contributed by atoms with Gasteiger partial charge >= 0.3 is 5.97 Å². The number of aliphatic carboxylic acids is 1. The van der Waals surface area contributed by atoms with Crippen molar-refractivity contribution < 1.29 is 9.90 Å². The molecule has 6 nitrogen and oxygen atoms in total. The van der Waals surface area contributed by atoms with E-state index in [9.17, 15) is 9.59 Å². The van der Waals surface area contributed by atoms with E-state index < -0.39 is 5.97 Å². The SMILES string of the molecule is Nc1cc(=O)[nH]c(SCCCCC(=O)O)n1. The van der Waals surface area contributed by atoms with Gasteiger partial charge in [-0.1, -0.05) is 11.8 Å². The van der Waals surface area contributed by atoms with Gasteiger partial charge < -0.3 is 15.8 Å². The maximum Gasteiger partial charge on any atom is 0.303 e. The first-order valence-corrected chi connectivity index (χ1v) is 5.78. The Morgan fingerprint density at radius 2 is 2.31 bits per heavy atom. The summed E-state index contributed by atoms with van der Waals surface area (Å²) in [6.45, 7) is 0. The number of aromatic nitrogens is 2. The minimum Gasteiger partial charge on any atom is -0.481 e. The molecule has 0 bridgehead atoms. The highest BCUT2D eigenvalue weighted by Crippen LogP contribution is 2.14. The van der Waals surface area contributed by atoms with E-state index in [-0.39, 0.29) is 17.8 Å². The van der Waals surface area contributed by atoms with Crippen molar-refractivity contribution in [3.63, 3.8) is 0 Å². The minimum atomic E-state index is -0.791. The van der Waals surface area contributed by atoms with Crippen molar-refractivity contribution in [2.45, 2.75) is 24.4 Å². The fourth-order valence-corrected chi connectivity index (χ4v) is 1.95. The monoisotopic (exact) mass is 243 g/mol. The van der Waals surface area contributed by atoms with Crippen LogP contribution in [-0.2, 0) is 4.79 Å². The lowest BCUT2D eigenvalue weighted by molar-refractivity contribution is -0.137. The first-order chi connectivity index (χ1) is 7.58. The Hall–Kier alpha value is -1.50. The molecule has 1 heterocycles. The normalized spacial score (nSPS) is 10.2. The number of unbranched alkanes of at least 4 members (excludes halogenated alkanes) is 1. The Balaban J connectivity index is 2.32. The van der Waals surface area contributed by atoms with Crippen molar-refractivity contribution >= 4 is 23.5 Å². The highest BCUT2D eigenvalue weighted by Gasteiger charge is 2.00. The van der Waals surface area contributed by atoms with Crippen molar-refractivity contribution in [1.29, 1.82) is 0 Å². The Morgan fingerprint density at radius 1 is 1.56 bits per heavy atom. The molecule has 0 saturated carbocycles. The Morgan fingerprint density at radius 3 is 2.94 bits per heavy atom. The average molecular weight is 243 g/mol. The number of anilines is 1. The van der Waals surface area contributed by atoms with E-state index in [2.05, 4.69) is 9.97 Å². The summed E-state index contributed by atoms with van der Waals surface area (Å²) in [5.74, 6) is 0.108. The average Bonchev–Trinajstić information content (AvgIpc) is 2.15. The van der Waals surface area contributed by atoms with Gasteiger partial charge in [-0.2, -0.15) is 0 Å². The number of aromatic amines is 1. The van der Waals surface area contributed by atoms with Gasteiger partial charge in [0.25, 0.3) is 5.56 Å². The molecule has 4 N–H and O–H groups in total. The molecule has 0 aliphatic carbocycles. The van der Waals surface area contributed by atoms with Crippen LogP contribution in [0, 0.1) is 0 Å². The molecule has 16 heavy (non-hydrogen) atoms. The highest BCUT2D eigenvalue weighted by atomic mass is 32.2. The predicted octanol–water partition coefficient (Wildman–Crippen LogP) is 0.699. The van der Waals surface area contributed by atoms with Gasteiger partial charge in [0.05, 0.1) is 0 Å². The summed E-state index contributed by atoms with van der Waals surface area (Å²) < 4.78 is 0. The summed E-state index contributed by atoms with van der Waals surface area (Å²) in [4.78, 5) is 27.7. The van der Waals surface area contributed by atoms with Gasteiger partial charge in [0.15, 0.2) is 5.16 Å². The van der Waals surface area contributed by atoms with Crippen LogP contribution in [0.3, 0.4) is 0 Å². The summed E-state index contributed by atoms with van der Waals surface area (Å²) in [5, 5.41) is 8.89. The number of hydrogen-bond acceptors (Lipinski definition) is 5. The standard InChI is InChI=1S/C9H13N3O3S/c10-6-5-7(13)12-9(11-6)16-4-2-1-3-8(14)15/h5H,1-4H2,(H,14,15)(H3,10,11,12,13). The van der Waals surface area contributed by atoms with Gasteiger partial charge in [0.1, 0.15) is 5.82 Å². The van der Waals surface area contributed by atoms with Gasteiger partial charge in [-0.15, -0.1) is 0 Å². The van der Waals surface area contributed by atoms with Crippen LogP contribution in [0.4, 0.5) is 5.82 Å². The first kappa shape index (κ1) is 12.6. The summed E-state index contributed by atoms with van der Waals surface area (Å²) >= 11 is 1.36. The molecular weight excluding hydrogens is 230 g/mol. The third kappa shape index (κ3) is 4.83. The molecule has 7 heteroatoms. The quantitative estimate of drug-likeness (QED) is 0.385. The van der Waals surface area contributed by atoms with Gasteiger partial charge in [-0.05, 0) is 12.8 Å². The van der Waals surface area contributed by atoms with Crippen LogP contribution in [0.5, 0.6) is 0 Å². The zero-order valence-corrected chi connectivity index (χ0v) is 9.42. The van der Waals surface area contributed by atoms with E-state index in [1.165, 1.54) is 17.8 Å². The second-order valence-electron chi connectivity index (χ2n) is 3.17. The number of nitrogens with one attached hydrogen (secondary N) is 1. The topological polar surface area (TPSA) is 109 Å². The van der Waals surface area contributed by atoms with Crippen molar-refractivity contribution in [2.24, 2.45) is 0 Å². The zero-order valence-electron chi connectivity index (χ0n) is 8.60. The van der Waals surface area contributed by atoms with Gasteiger partial charge in [-0.3, -0.25) is 9.59 Å². The van der Waals surface area contributed by atoms with E-state index in [0.717, 1.165) is 6.42 Å². The van der Waals surface area contributed by atoms with Crippen LogP contribution in [0.1, 0.15) is 19.3 Å². The van der Waals surface area contributed by atoms with Crippen molar-refractivity contribution in [3.05, 3.63) is 16.4 Å². The number of rotatable bonds is 6. The van der Waals surface area contributed by atoms with E-state index in [1.54, 1.807) is 0 Å². The number of carboxylic acids is 1. The van der Waals surface area contributed by atoms with Crippen molar-refractivity contribution in [1.82, 2.24) is 9.97 Å². The van der Waals surface area contributed by atoms with Crippen LogP contribution >= 0.6 is 11.8 Å². The molecule has 1 aromatic heterocycles. The molecule has 0 saturated heterocycles. The smallest absolute Gasteiger partial charge is 0.303 e. The maximum absolute atomic E-state index is 11.0. The van der Waals surface area contributed by atoms with Gasteiger partial charge in [-0.25, -0.2) is 4.98 Å². The molecule has 0 aliphatic rings. The summed E-state index contributed by atoms with van der Waals surface area (Å²) in [6.07, 6.45) is 1.55. The molecule has 0 aromatic carbocycles. The first-order valence-electron chi connectivity index (χ1n) is 4.79. The van der Waals surface area contributed by atoms with E-state index in [1.807, 2.05) is 0 Å². The number of nitrogens with zero attached hydrogens (tertiary/aromatic N) is 1. The van der Waals surface area contributed by atoms with Gasteiger partial charge in [0, 0.05) is 18.2 Å². The number of hydrogen-bond donors (Lipinski definition) is 3. The highest BCUT2D eigenvalue weighted by molar-refractivity contribution is 7.99. The molecule has 0 amide bonds. The fraction of sp³-hybridized carbons (Fsp3) is 0.444. The molecule has 1 rings (SSSR count). The molecule has 0 fully saturated rings. The van der Waals surface area contributed by atoms with Crippen molar-refractivity contribution in [2.75, 3.05) is 11.5 Å². The lowest BCUT2D eigenvalue weighted by Gasteiger charge is -2.00. The second-order valence-corrected chi connectivity index (χ2v) is 4.26. The Bertz CT molecular complexity index is 419. The van der Waals surface area contributed by atoms with Gasteiger partial charge in [0.2, 0.25) is 0 Å². The number of carbonyl (C=O) groups is 1. The van der Waals surface area contributed by atoms with Crippen LogP contribution in [0.25, 0.3) is 0 Å². The molecule has 0 radical (unpaired) electrons. The van der Waals surface area contributed by atoms with Crippen LogP contribution in [0.15, 0.2) is 16.0 Å². The third-order valence-corrected chi connectivity index (χ3v) is 2.72. The molecular formula is C9H13N3O3S. The Labute approximate surface area is 96.3 Å². The largest absolute Gasteiger partial charge is 0.481 e. The molecule has 0 spiro atoms. The lowest BCUT2D eigenvalue weighted by atomic mass is 10.3. The molecule has 0 unspecified atom stereocenters. The molecule has 0 aliphatic heterocycles. The zero-order chi connectivity index (χ0) is 12.0. The molecule has 0 atom stereocenters. The molecule has 88 valence electrons. The lowest BCUT2D eigenvalue weighted by Crippen LogP contribution is -2.09. The predicted molar refractivity (Wildman–Crippen MR) is 61.5 cm³/mol. The summed E-state index contributed by atoms with van der Waals surface area (Å²) in [6, 6.07) is 1.22. The van der Waals surface area contributed by atoms with E-state index >= 15 is 0 Å². The number of thioether (sulfide) groups is 1. The maximum atomic E-state index is 11.0. The number of H-pyrrole nitrogens is 1. The number of nitrogens with two attached hydrogens (primary N) is 1. The number of carboxylic acid groups (broad SMARTS) is 1. The fourth-order valence-electron chi connectivity index (χ4n) is 1.07. The van der Waals surface area contributed by atoms with E-state index in [4.69, 9.17) is 10.8 Å². The Kier molecular flexibility index (Phi) is 4.84. The summed E-state index contributed by atoms with van der Waals surface area (Å²) in [7, 11) is 0. The van der Waals surface area contributed by atoms with Crippen LogP contribution in [-0.4, -0.2) is 26.8 Å². The second kappa shape index (κ2) is 6.16. The molecule has 1 aromatic rings. The van der Waals surface area contributed by atoms with Crippen molar-refractivity contribution in [3.8, 4) is 0 Å². The number of nitrogen functional groups attached to an aromatic ring is 1.